The fraction of sp³-hybridized carbons (Fsp3) is 0.0625. The van der Waals surface area contributed by atoms with Gasteiger partial charge in [0, 0.05) is 11.6 Å². The molecule has 0 aliphatic heterocycles. The average Bonchev–Trinajstić information content (AvgIpc) is 2.48. The molecule has 2 aromatic rings. The Kier molecular flexibility index (Phi) is 4.34. The van der Waals surface area contributed by atoms with Crippen LogP contribution in [0.3, 0.4) is 0 Å². The van der Waals surface area contributed by atoms with Gasteiger partial charge in [-0.3, -0.25) is 0 Å². The van der Waals surface area contributed by atoms with Crippen LogP contribution < -0.4 is 4.74 Å². The van der Waals surface area contributed by atoms with Gasteiger partial charge in [0.2, 0.25) is 6.79 Å². The van der Waals surface area contributed by atoms with Crippen LogP contribution in [0, 0.1) is 0 Å². The number of benzene rings is 2. The summed E-state index contributed by atoms with van der Waals surface area (Å²) in [6.45, 7) is 3.19. The molecule has 0 heterocycles. The monoisotopic (exact) mass is 254 g/mol. The lowest BCUT2D eigenvalue weighted by molar-refractivity contribution is -0.144. The number of carbonyl (C=O) groups is 1. The van der Waals surface area contributed by atoms with E-state index in [0.29, 0.717) is 5.75 Å². The summed E-state index contributed by atoms with van der Waals surface area (Å²) < 4.78 is 10.3. The number of hydrogen-bond donors (Lipinski definition) is 0. The summed E-state index contributed by atoms with van der Waals surface area (Å²) in [7, 11) is 0. The first-order valence-corrected chi connectivity index (χ1v) is 5.87. The molecule has 19 heavy (non-hydrogen) atoms. The van der Waals surface area contributed by atoms with Gasteiger partial charge in [0.1, 0.15) is 5.75 Å². The van der Waals surface area contributed by atoms with Crippen LogP contribution in [0.25, 0.3) is 11.1 Å². The first kappa shape index (κ1) is 12.9. The third-order valence-corrected chi connectivity index (χ3v) is 2.55. The van der Waals surface area contributed by atoms with Crippen molar-refractivity contribution in [3.63, 3.8) is 0 Å². The van der Waals surface area contributed by atoms with Crippen molar-refractivity contribution in [2.75, 3.05) is 6.79 Å². The normalized spacial score (nSPS) is 9.68. The molecule has 0 saturated carbocycles. The highest BCUT2D eigenvalue weighted by Crippen LogP contribution is 2.29. The van der Waals surface area contributed by atoms with E-state index >= 15 is 0 Å². The number of para-hydroxylation sites is 1. The Bertz CT molecular complexity index is 561. The first-order valence-electron chi connectivity index (χ1n) is 5.87. The highest BCUT2D eigenvalue weighted by Gasteiger charge is 2.05. The van der Waals surface area contributed by atoms with Crippen molar-refractivity contribution in [3.8, 4) is 16.9 Å². The Hall–Kier alpha value is -2.55. The van der Waals surface area contributed by atoms with E-state index in [1.54, 1.807) is 0 Å². The Labute approximate surface area is 112 Å². The van der Waals surface area contributed by atoms with Crippen LogP contribution in [0.5, 0.6) is 5.75 Å². The Balaban J connectivity index is 2.13. The zero-order valence-electron chi connectivity index (χ0n) is 10.4. The predicted molar refractivity (Wildman–Crippen MR) is 73.7 cm³/mol. The van der Waals surface area contributed by atoms with Crippen molar-refractivity contribution in [2.24, 2.45) is 0 Å². The summed E-state index contributed by atoms with van der Waals surface area (Å²) in [5, 5.41) is 0. The van der Waals surface area contributed by atoms with Gasteiger partial charge in [-0.1, -0.05) is 55.1 Å². The predicted octanol–water partition coefficient (Wildman–Crippen LogP) is 3.42. The fourth-order valence-corrected chi connectivity index (χ4v) is 1.66. The lowest BCUT2D eigenvalue weighted by atomic mass is 10.1. The number of carbonyl (C=O) groups excluding carboxylic acids is 1. The van der Waals surface area contributed by atoms with E-state index in [2.05, 4.69) is 6.58 Å². The molecule has 0 aliphatic carbocycles. The lowest BCUT2D eigenvalue weighted by Crippen LogP contribution is -2.08. The van der Waals surface area contributed by atoms with Crippen LogP contribution in [-0.4, -0.2) is 12.8 Å². The van der Waals surface area contributed by atoms with Gasteiger partial charge in [-0.05, 0) is 11.6 Å². The molecule has 0 amide bonds. The highest BCUT2D eigenvalue weighted by molar-refractivity contribution is 5.81. The molecule has 0 N–H and O–H groups in total. The second-order valence-electron chi connectivity index (χ2n) is 3.79. The number of esters is 1. The molecule has 0 spiro atoms. The van der Waals surface area contributed by atoms with Crippen LogP contribution in [0.15, 0.2) is 67.3 Å². The molecule has 0 atom stereocenters. The van der Waals surface area contributed by atoms with Gasteiger partial charge in [-0.15, -0.1) is 0 Å². The molecule has 96 valence electrons. The summed E-state index contributed by atoms with van der Waals surface area (Å²) in [6, 6.07) is 17.5. The minimum absolute atomic E-state index is 0.130. The maximum Gasteiger partial charge on any atom is 0.333 e. The molecule has 2 rings (SSSR count). The van der Waals surface area contributed by atoms with E-state index < -0.39 is 5.97 Å². The topological polar surface area (TPSA) is 35.5 Å². The Morgan fingerprint density at radius 3 is 2.47 bits per heavy atom. The van der Waals surface area contributed by atoms with Crippen molar-refractivity contribution in [2.45, 2.75) is 0 Å². The third-order valence-electron chi connectivity index (χ3n) is 2.55. The van der Waals surface area contributed by atoms with Crippen molar-refractivity contribution >= 4 is 5.97 Å². The number of hydrogen-bond acceptors (Lipinski definition) is 3. The van der Waals surface area contributed by atoms with Gasteiger partial charge in [0.15, 0.2) is 0 Å². The molecule has 2 aromatic carbocycles. The highest BCUT2D eigenvalue weighted by atomic mass is 16.7. The minimum Gasteiger partial charge on any atom is -0.457 e. The molecule has 0 aromatic heterocycles. The SMILES string of the molecule is C=CC(=O)OCOc1ccccc1-c1ccccc1. The quantitative estimate of drug-likeness (QED) is 0.466. The van der Waals surface area contributed by atoms with E-state index in [-0.39, 0.29) is 6.79 Å². The van der Waals surface area contributed by atoms with Crippen molar-refractivity contribution in [3.05, 3.63) is 67.3 Å². The number of rotatable bonds is 5. The molecule has 0 bridgehead atoms. The average molecular weight is 254 g/mol. The van der Waals surface area contributed by atoms with E-state index in [4.69, 9.17) is 9.47 Å². The standard InChI is InChI=1S/C16H14O3/c1-2-16(17)19-12-18-15-11-7-6-10-14(15)13-8-4-3-5-9-13/h2-11H,1,12H2. The van der Waals surface area contributed by atoms with Crippen LogP contribution in [0.1, 0.15) is 0 Å². The van der Waals surface area contributed by atoms with E-state index in [0.717, 1.165) is 17.2 Å². The maximum absolute atomic E-state index is 10.9. The minimum atomic E-state index is -0.503. The maximum atomic E-state index is 10.9. The summed E-state index contributed by atoms with van der Waals surface area (Å²) in [5.74, 6) is 0.169. The molecular weight excluding hydrogens is 240 g/mol. The van der Waals surface area contributed by atoms with E-state index in [1.165, 1.54) is 0 Å². The van der Waals surface area contributed by atoms with Gasteiger partial charge in [0.05, 0.1) is 0 Å². The molecule has 3 heteroatoms. The van der Waals surface area contributed by atoms with Crippen LogP contribution in [0.2, 0.25) is 0 Å². The second-order valence-corrected chi connectivity index (χ2v) is 3.79. The van der Waals surface area contributed by atoms with Gasteiger partial charge in [-0.25, -0.2) is 4.79 Å². The van der Waals surface area contributed by atoms with Gasteiger partial charge < -0.3 is 9.47 Å². The Morgan fingerprint density at radius 2 is 1.74 bits per heavy atom. The van der Waals surface area contributed by atoms with Crippen LogP contribution in [0.4, 0.5) is 0 Å². The molecule has 0 radical (unpaired) electrons. The zero-order chi connectivity index (χ0) is 13.5. The third kappa shape index (κ3) is 3.45. The lowest BCUT2D eigenvalue weighted by Gasteiger charge is -2.11. The van der Waals surface area contributed by atoms with Gasteiger partial charge >= 0.3 is 5.97 Å². The zero-order valence-corrected chi connectivity index (χ0v) is 10.4. The van der Waals surface area contributed by atoms with Gasteiger partial charge in [-0.2, -0.15) is 0 Å². The first-order chi connectivity index (χ1) is 9.31. The second kappa shape index (κ2) is 6.40. The van der Waals surface area contributed by atoms with Crippen molar-refractivity contribution in [1.82, 2.24) is 0 Å². The summed E-state index contributed by atoms with van der Waals surface area (Å²) in [4.78, 5) is 10.9. The molecule has 3 nitrogen and oxygen atoms in total. The molecular formula is C16H14O3. The fourth-order valence-electron chi connectivity index (χ4n) is 1.66. The Morgan fingerprint density at radius 1 is 1.05 bits per heavy atom. The van der Waals surface area contributed by atoms with Gasteiger partial charge in [0.25, 0.3) is 0 Å². The largest absolute Gasteiger partial charge is 0.457 e. The molecule has 0 fully saturated rings. The van der Waals surface area contributed by atoms with E-state index in [9.17, 15) is 4.79 Å². The van der Waals surface area contributed by atoms with Crippen LogP contribution in [-0.2, 0) is 9.53 Å². The molecule has 0 saturated heterocycles. The summed E-state index contributed by atoms with van der Waals surface area (Å²) in [5.41, 5.74) is 2.01. The molecule has 0 unspecified atom stereocenters. The smallest absolute Gasteiger partial charge is 0.333 e. The van der Waals surface area contributed by atoms with Crippen molar-refractivity contribution in [1.29, 1.82) is 0 Å². The van der Waals surface area contributed by atoms with E-state index in [1.807, 2.05) is 54.6 Å². The number of ether oxygens (including phenoxy) is 2. The van der Waals surface area contributed by atoms with Crippen molar-refractivity contribution < 1.29 is 14.3 Å². The van der Waals surface area contributed by atoms with Crippen LogP contribution >= 0.6 is 0 Å². The molecule has 0 aliphatic rings. The summed E-state index contributed by atoms with van der Waals surface area (Å²) in [6.07, 6.45) is 1.10. The summed E-state index contributed by atoms with van der Waals surface area (Å²) >= 11 is 0.